The van der Waals surface area contributed by atoms with Crippen LogP contribution in [0.1, 0.15) is 88.8 Å². The van der Waals surface area contributed by atoms with Crippen molar-refractivity contribution >= 4 is 11.8 Å². The van der Waals surface area contributed by atoms with E-state index in [4.69, 9.17) is 5.10 Å². The van der Waals surface area contributed by atoms with E-state index in [1.165, 1.54) is 13.0 Å². The number of likely N-dealkylation sites (tertiary alicyclic amines) is 2. The molecule has 2 aliphatic heterocycles. The van der Waals surface area contributed by atoms with Crippen LogP contribution in [0.5, 0.6) is 0 Å². The third kappa shape index (κ3) is 3.62. The first-order valence-electron chi connectivity index (χ1n) is 14.0. The lowest BCUT2D eigenvalue weighted by atomic mass is 9.85. The first-order chi connectivity index (χ1) is 18.5. The van der Waals surface area contributed by atoms with E-state index in [-0.39, 0.29) is 41.4 Å². The molecule has 1 aromatic carbocycles. The van der Waals surface area contributed by atoms with Gasteiger partial charge in [0, 0.05) is 43.4 Å². The Morgan fingerprint density at radius 1 is 1.05 bits per heavy atom. The third-order valence-electron chi connectivity index (χ3n) is 10.4. The van der Waals surface area contributed by atoms with E-state index in [1.807, 2.05) is 0 Å². The van der Waals surface area contributed by atoms with Crippen molar-refractivity contribution in [1.29, 1.82) is 0 Å². The first-order valence-corrected chi connectivity index (χ1v) is 14.0. The summed E-state index contributed by atoms with van der Waals surface area (Å²) in [6.45, 7) is 5.85. The Kier molecular flexibility index (Phi) is 5.35. The number of rotatable bonds is 4. The Morgan fingerprint density at radius 3 is 2.33 bits per heavy atom. The Labute approximate surface area is 224 Å². The SMILES string of the molecule is Cc1c(C2CCN(C(=O)Cn3nc(C(=O)N4CCC(O)CC4)c4c3C3[C@@H]5[C@H]4[C@]35C)CC2)cccc1C(F)(F)F. The fourth-order valence-corrected chi connectivity index (χ4v) is 8.05. The second-order valence-corrected chi connectivity index (χ2v) is 12.3. The Morgan fingerprint density at radius 2 is 1.69 bits per heavy atom. The molecule has 2 aromatic rings. The molecule has 8 rings (SSSR count). The molecule has 2 saturated heterocycles. The second kappa shape index (κ2) is 8.32. The van der Waals surface area contributed by atoms with Gasteiger partial charge in [0.2, 0.25) is 5.91 Å². The van der Waals surface area contributed by atoms with Crippen LogP contribution in [0.25, 0.3) is 0 Å². The number of benzene rings is 1. The summed E-state index contributed by atoms with van der Waals surface area (Å²) in [5, 5.41) is 14.5. The maximum Gasteiger partial charge on any atom is 0.416 e. The van der Waals surface area contributed by atoms with E-state index < -0.39 is 11.7 Å². The minimum Gasteiger partial charge on any atom is -0.393 e. The van der Waals surface area contributed by atoms with E-state index in [2.05, 4.69) is 6.92 Å². The number of nitrogens with zero attached hydrogens (tertiary/aromatic N) is 4. The van der Waals surface area contributed by atoms with Crippen LogP contribution in [0, 0.1) is 18.3 Å². The van der Waals surface area contributed by atoms with E-state index in [9.17, 15) is 27.9 Å². The summed E-state index contributed by atoms with van der Waals surface area (Å²) in [7, 11) is 0. The number of amides is 2. The van der Waals surface area contributed by atoms with Gasteiger partial charge in [-0.3, -0.25) is 14.3 Å². The molecule has 2 amide bonds. The van der Waals surface area contributed by atoms with E-state index in [0.29, 0.717) is 80.9 Å². The van der Waals surface area contributed by atoms with Crippen molar-refractivity contribution in [2.45, 2.75) is 76.1 Å². The summed E-state index contributed by atoms with van der Waals surface area (Å²) in [5.41, 5.74) is 3.18. The Hall–Kier alpha value is -2.88. The molecule has 39 heavy (non-hydrogen) atoms. The largest absolute Gasteiger partial charge is 0.416 e. The Balaban J connectivity index is 1.06. The van der Waals surface area contributed by atoms with Crippen molar-refractivity contribution in [2.75, 3.05) is 26.2 Å². The van der Waals surface area contributed by atoms with Crippen LogP contribution in [0.2, 0.25) is 0 Å². The summed E-state index contributed by atoms with van der Waals surface area (Å²) < 4.78 is 42.0. The highest BCUT2D eigenvalue weighted by atomic mass is 19.4. The average molecular weight is 543 g/mol. The number of piperidine rings is 2. The molecule has 7 nitrogen and oxygen atoms in total. The van der Waals surface area contributed by atoms with Gasteiger partial charge in [0.05, 0.1) is 11.7 Å². The lowest BCUT2D eigenvalue weighted by Crippen LogP contribution is -2.41. The van der Waals surface area contributed by atoms with Crippen molar-refractivity contribution in [3.63, 3.8) is 0 Å². The molecule has 1 N–H and O–H groups in total. The lowest BCUT2D eigenvalue weighted by molar-refractivity contribution is -0.138. The molecule has 2 saturated carbocycles. The van der Waals surface area contributed by atoms with Crippen molar-refractivity contribution in [3.05, 3.63) is 51.8 Å². The molecule has 0 spiro atoms. The summed E-state index contributed by atoms with van der Waals surface area (Å²) in [6.07, 6.45) is -2.39. The fraction of sp³-hybridized carbons (Fsp3) is 0.621. The zero-order valence-corrected chi connectivity index (χ0v) is 22.2. The molecule has 1 aromatic heterocycles. The van der Waals surface area contributed by atoms with Gasteiger partial charge in [-0.1, -0.05) is 19.1 Å². The monoisotopic (exact) mass is 542 g/mol. The maximum atomic E-state index is 13.4. The molecule has 3 heterocycles. The average Bonchev–Trinajstić information content (AvgIpc) is 3.45. The quantitative estimate of drug-likeness (QED) is 0.633. The number of hydrogen-bond donors (Lipinski definition) is 1. The summed E-state index contributed by atoms with van der Waals surface area (Å²) in [6, 6.07) is 4.37. The zero-order valence-electron chi connectivity index (χ0n) is 22.2. The van der Waals surface area contributed by atoms with Crippen LogP contribution < -0.4 is 0 Å². The van der Waals surface area contributed by atoms with Crippen LogP contribution in [0.3, 0.4) is 0 Å². The number of halogens is 3. The highest BCUT2D eigenvalue weighted by Gasteiger charge is 2.90. The molecular weight excluding hydrogens is 509 g/mol. The molecule has 1 unspecified atom stereocenters. The normalized spacial score (nSPS) is 29.8. The number of carbonyl (C=O) groups is 2. The van der Waals surface area contributed by atoms with Gasteiger partial charge < -0.3 is 14.9 Å². The molecule has 6 aliphatic rings. The van der Waals surface area contributed by atoms with Gasteiger partial charge in [-0.15, -0.1) is 0 Å². The van der Waals surface area contributed by atoms with Crippen LogP contribution in [0.15, 0.2) is 18.2 Å². The molecule has 4 fully saturated rings. The van der Waals surface area contributed by atoms with Gasteiger partial charge in [-0.25, -0.2) is 0 Å². The van der Waals surface area contributed by atoms with Crippen LogP contribution in [-0.4, -0.2) is 68.8 Å². The number of aliphatic hydroxyl groups excluding tert-OH is 1. The second-order valence-electron chi connectivity index (χ2n) is 12.3. The Bertz CT molecular complexity index is 1370. The van der Waals surface area contributed by atoms with Gasteiger partial charge in [0.15, 0.2) is 5.69 Å². The van der Waals surface area contributed by atoms with Gasteiger partial charge in [-0.05, 0) is 73.0 Å². The van der Waals surface area contributed by atoms with Crippen molar-refractivity contribution in [2.24, 2.45) is 11.3 Å². The van der Waals surface area contributed by atoms with Gasteiger partial charge in [0.1, 0.15) is 6.54 Å². The van der Waals surface area contributed by atoms with Crippen molar-refractivity contribution < 1.29 is 27.9 Å². The smallest absolute Gasteiger partial charge is 0.393 e. The predicted molar refractivity (Wildman–Crippen MR) is 135 cm³/mol. The highest BCUT2D eigenvalue weighted by Crippen LogP contribution is 2.96. The minimum absolute atomic E-state index is 0.0200. The van der Waals surface area contributed by atoms with Crippen LogP contribution >= 0.6 is 0 Å². The molecule has 10 heteroatoms. The van der Waals surface area contributed by atoms with Crippen LogP contribution in [-0.2, 0) is 17.5 Å². The topological polar surface area (TPSA) is 78.7 Å². The first kappa shape index (κ1) is 25.1. The molecular formula is C29H33F3N4O3. The van der Waals surface area contributed by atoms with Gasteiger partial charge in [-0.2, -0.15) is 18.3 Å². The highest BCUT2D eigenvalue weighted by molar-refractivity contribution is 5.96. The number of alkyl halides is 3. The minimum atomic E-state index is -4.38. The van der Waals surface area contributed by atoms with E-state index in [1.54, 1.807) is 20.5 Å². The van der Waals surface area contributed by atoms with E-state index >= 15 is 0 Å². The summed E-state index contributed by atoms with van der Waals surface area (Å²) in [4.78, 5) is 30.4. The lowest BCUT2D eigenvalue weighted by Gasteiger charge is -2.33. The van der Waals surface area contributed by atoms with E-state index in [0.717, 1.165) is 17.3 Å². The van der Waals surface area contributed by atoms with Crippen molar-refractivity contribution in [1.82, 2.24) is 19.6 Å². The predicted octanol–water partition coefficient (Wildman–Crippen LogP) is 4.04. The number of hydrogen-bond acceptors (Lipinski definition) is 4. The van der Waals surface area contributed by atoms with Crippen LogP contribution in [0.4, 0.5) is 13.2 Å². The molecule has 208 valence electrons. The molecule has 0 radical (unpaired) electrons. The number of aromatic nitrogens is 2. The molecule has 4 aliphatic carbocycles. The number of carbonyl (C=O) groups excluding carboxylic acids is 2. The van der Waals surface area contributed by atoms with Crippen molar-refractivity contribution in [3.8, 4) is 0 Å². The number of aliphatic hydroxyl groups is 1. The molecule has 2 bridgehead atoms. The summed E-state index contributed by atoms with van der Waals surface area (Å²) in [5.74, 6) is 1.11. The fourth-order valence-electron chi connectivity index (χ4n) is 8.05. The summed E-state index contributed by atoms with van der Waals surface area (Å²) >= 11 is 0. The standard InChI is InChI=1S/C29H33F3N4O3/c1-15-18(4-3-5-19(15)29(30,31)32)16-6-10-34(11-7-16)20(38)14-36-26-21(22-23-24(26)28(22,23)2)25(33-36)27(39)35-12-8-17(37)9-13-35/h3-5,16-17,22-24,37H,6-14H2,1-2H3/t22-,23-,24?,28-/m0/s1. The zero-order chi connectivity index (χ0) is 27.4. The third-order valence-corrected chi connectivity index (χ3v) is 10.4. The maximum absolute atomic E-state index is 13.4. The van der Waals surface area contributed by atoms with Gasteiger partial charge in [0.25, 0.3) is 5.91 Å². The molecule has 4 atom stereocenters. The van der Waals surface area contributed by atoms with Gasteiger partial charge >= 0.3 is 6.18 Å².